The Balaban J connectivity index is 1.55. The van der Waals surface area contributed by atoms with E-state index in [4.69, 9.17) is 14.7 Å². The molecular weight excluding hydrogens is 370 g/mol. The molecule has 3 rings (SSSR count). The number of esters is 1. The molecule has 0 fully saturated rings. The fraction of sp³-hybridized carbons (Fsp3) is 0.286. The maximum atomic E-state index is 12.1. The summed E-state index contributed by atoms with van der Waals surface area (Å²) < 4.78 is 10.9. The number of nitrogens with zero attached hydrogens (tertiary/aromatic N) is 5. The predicted molar refractivity (Wildman–Crippen MR) is 105 cm³/mol. The Hall–Kier alpha value is -3.73. The minimum atomic E-state index is -0.383. The number of carbonyl (C=O) groups excluding carboxylic acids is 1. The SMILES string of the molecule is CC(C)OC(=O)c1cccc(-c2nnn(CCCOc3cccc(C#N)c3)n2)c1. The zero-order valence-corrected chi connectivity index (χ0v) is 16.3. The number of hydrogen-bond donors (Lipinski definition) is 0. The summed E-state index contributed by atoms with van der Waals surface area (Å²) in [7, 11) is 0. The number of aromatic nitrogens is 4. The predicted octanol–water partition coefficient (Wildman–Crippen LogP) is 3.25. The van der Waals surface area contributed by atoms with E-state index < -0.39 is 0 Å². The first-order chi connectivity index (χ1) is 14.0. The van der Waals surface area contributed by atoms with Crippen LogP contribution in [0.2, 0.25) is 0 Å². The maximum Gasteiger partial charge on any atom is 0.338 e. The minimum absolute atomic E-state index is 0.185. The van der Waals surface area contributed by atoms with Crippen LogP contribution in [-0.2, 0) is 11.3 Å². The molecule has 0 bridgehead atoms. The highest BCUT2D eigenvalue weighted by atomic mass is 16.5. The van der Waals surface area contributed by atoms with Gasteiger partial charge in [0.15, 0.2) is 0 Å². The molecule has 0 aliphatic rings. The molecule has 1 heterocycles. The lowest BCUT2D eigenvalue weighted by Gasteiger charge is -2.08. The van der Waals surface area contributed by atoms with Crippen LogP contribution < -0.4 is 4.74 Å². The highest BCUT2D eigenvalue weighted by Gasteiger charge is 2.12. The molecular formula is C21H21N5O3. The van der Waals surface area contributed by atoms with E-state index in [1.54, 1.807) is 50.2 Å². The topological polar surface area (TPSA) is 103 Å². The molecule has 0 atom stereocenters. The molecule has 3 aromatic rings. The van der Waals surface area contributed by atoms with Crippen molar-refractivity contribution in [2.45, 2.75) is 32.9 Å². The third-order valence-corrected chi connectivity index (χ3v) is 3.89. The second kappa shape index (κ2) is 9.46. The molecule has 0 radical (unpaired) electrons. The summed E-state index contributed by atoms with van der Waals surface area (Å²) in [6.07, 6.45) is 0.489. The van der Waals surface area contributed by atoms with Crippen molar-refractivity contribution in [2.75, 3.05) is 6.61 Å². The maximum absolute atomic E-state index is 12.1. The number of benzene rings is 2. The van der Waals surface area contributed by atoms with Crippen molar-refractivity contribution in [3.63, 3.8) is 0 Å². The first-order valence-corrected chi connectivity index (χ1v) is 9.27. The van der Waals surface area contributed by atoms with E-state index in [0.29, 0.717) is 47.8 Å². The third-order valence-electron chi connectivity index (χ3n) is 3.89. The average molecular weight is 391 g/mol. The van der Waals surface area contributed by atoms with Crippen LogP contribution in [0.4, 0.5) is 0 Å². The van der Waals surface area contributed by atoms with E-state index in [1.165, 1.54) is 4.80 Å². The Morgan fingerprint density at radius 3 is 2.83 bits per heavy atom. The molecule has 0 saturated carbocycles. The van der Waals surface area contributed by atoms with Crippen LogP contribution in [0.15, 0.2) is 48.5 Å². The second-order valence-corrected chi connectivity index (χ2v) is 6.59. The van der Waals surface area contributed by atoms with Gasteiger partial charge in [-0.1, -0.05) is 18.2 Å². The summed E-state index contributed by atoms with van der Waals surface area (Å²) in [5, 5.41) is 21.4. The van der Waals surface area contributed by atoms with Crippen LogP contribution in [0.1, 0.15) is 36.2 Å². The Bertz CT molecular complexity index is 1020. The Morgan fingerprint density at radius 1 is 1.21 bits per heavy atom. The monoisotopic (exact) mass is 391 g/mol. The van der Waals surface area contributed by atoms with Gasteiger partial charge in [-0.15, -0.1) is 10.2 Å². The third kappa shape index (κ3) is 5.62. The van der Waals surface area contributed by atoms with E-state index in [9.17, 15) is 4.79 Å². The molecule has 8 nitrogen and oxygen atoms in total. The van der Waals surface area contributed by atoms with Crippen LogP contribution in [-0.4, -0.2) is 38.9 Å². The van der Waals surface area contributed by atoms with Gasteiger partial charge in [0, 0.05) is 12.0 Å². The molecule has 1 aromatic heterocycles. The number of aryl methyl sites for hydroxylation is 1. The molecule has 0 unspecified atom stereocenters. The summed E-state index contributed by atoms with van der Waals surface area (Å²) >= 11 is 0. The standard InChI is InChI=1S/C21H21N5O3/c1-15(2)29-21(27)18-8-4-7-17(13-18)20-23-25-26(24-20)10-5-11-28-19-9-3-6-16(12-19)14-22/h3-4,6-9,12-13,15H,5,10-11H2,1-2H3. The molecule has 0 aliphatic heterocycles. The van der Waals surface area contributed by atoms with Crippen LogP contribution in [0.25, 0.3) is 11.4 Å². The van der Waals surface area contributed by atoms with Crippen molar-refractivity contribution in [2.24, 2.45) is 0 Å². The number of hydrogen-bond acceptors (Lipinski definition) is 7. The molecule has 8 heteroatoms. The van der Waals surface area contributed by atoms with E-state index in [2.05, 4.69) is 21.5 Å². The molecule has 0 N–H and O–H groups in total. The minimum Gasteiger partial charge on any atom is -0.493 e. The van der Waals surface area contributed by atoms with Gasteiger partial charge in [0.25, 0.3) is 0 Å². The van der Waals surface area contributed by atoms with Gasteiger partial charge >= 0.3 is 5.97 Å². The first kappa shape index (κ1) is 20.0. The van der Waals surface area contributed by atoms with E-state index in [0.717, 1.165) is 0 Å². The smallest absolute Gasteiger partial charge is 0.338 e. The van der Waals surface area contributed by atoms with Gasteiger partial charge in [-0.3, -0.25) is 0 Å². The van der Waals surface area contributed by atoms with Crippen molar-refractivity contribution in [1.82, 2.24) is 20.2 Å². The van der Waals surface area contributed by atoms with Gasteiger partial charge in [0.1, 0.15) is 5.75 Å². The van der Waals surface area contributed by atoms with Crippen molar-refractivity contribution in [3.8, 4) is 23.2 Å². The number of rotatable bonds is 8. The molecule has 0 amide bonds. The summed E-state index contributed by atoms with van der Waals surface area (Å²) in [6.45, 7) is 4.60. The number of nitriles is 1. The largest absolute Gasteiger partial charge is 0.493 e. The summed E-state index contributed by atoms with van der Waals surface area (Å²) in [4.78, 5) is 13.5. The fourth-order valence-electron chi connectivity index (χ4n) is 2.57. The van der Waals surface area contributed by atoms with Crippen molar-refractivity contribution in [3.05, 3.63) is 59.7 Å². The van der Waals surface area contributed by atoms with Gasteiger partial charge in [-0.25, -0.2) is 4.79 Å². The Labute approximate surface area is 168 Å². The van der Waals surface area contributed by atoms with Gasteiger partial charge in [-0.05, 0) is 49.4 Å². The highest BCUT2D eigenvalue weighted by molar-refractivity contribution is 5.90. The van der Waals surface area contributed by atoms with E-state index >= 15 is 0 Å². The molecule has 0 saturated heterocycles. The summed E-state index contributed by atoms with van der Waals surface area (Å²) in [5.74, 6) is 0.708. The first-order valence-electron chi connectivity index (χ1n) is 9.27. The van der Waals surface area contributed by atoms with Crippen LogP contribution in [0, 0.1) is 11.3 Å². The van der Waals surface area contributed by atoms with Gasteiger partial charge in [0.2, 0.25) is 5.82 Å². The van der Waals surface area contributed by atoms with Crippen LogP contribution in [0.3, 0.4) is 0 Å². The quantitative estimate of drug-likeness (QED) is 0.429. The zero-order valence-electron chi connectivity index (χ0n) is 16.3. The molecule has 148 valence electrons. The molecule has 0 aliphatic carbocycles. The van der Waals surface area contributed by atoms with E-state index in [1.807, 2.05) is 12.1 Å². The lowest BCUT2D eigenvalue weighted by atomic mass is 10.1. The van der Waals surface area contributed by atoms with Crippen molar-refractivity contribution in [1.29, 1.82) is 5.26 Å². The van der Waals surface area contributed by atoms with E-state index in [-0.39, 0.29) is 12.1 Å². The molecule has 0 spiro atoms. The van der Waals surface area contributed by atoms with Gasteiger partial charge in [-0.2, -0.15) is 10.1 Å². The average Bonchev–Trinajstić information content (AvgIpc) is 3.20. The highest BCUT2D eigenvalue weighted by Crippen LogP contribution is 2.17. The number of tetrazole rings is 1. The lowest BCUT2D eigenvalue weighted by Crippen LogP contribution is -2.11. The summed E-state index contributed by atoms with van der Waals surface area (Å²) in [5.41, 5.74) is 1.70. The Morgan fingerprint density at radius 2 is 2.03 bits per heavy atom. The van der Waals surface area contributed by atoms with Gasteiger partial charge < -0.3 is 9.47 Å². The normalized spacial score (nSPS) is 10.6. The number of ether oxygens (including phenoxy) is 2. The van der Waals surface area contributed by atoms with Crippen LogP contribution >= 0.6 is 0 Å². The lowest BCUT2D eigenvalue weighted by molar-refractivity contribution is 0.0378. The number of carbonyl (C=O) groups is 1. The van der Waals surface area contributed by atoms with Gasteiger partial charge in [0.05, 0.1) is 36.5 Å². The summed E-state index contributed by atoms with van der Waals surface area (Å²) in [6, 6.07) is 16.1. The Kier molecular flexibility index (Phi) is 6.53. The van der Waals surface area contributed by atoms with Crippen molar-refractivity contribution < 1.29 is 14.3 Å². The molecule has 29 heavy (non-hydrogen) atoms. The molecule has 2 aromatic carbocycles. The zero-order chi connectivity index (χ0) is 20.6. The fourth-order valence-corrected chi connectivity index (χ4v) is 2.57. The van der Waals surface area contributed by atoms with Crippen LogP contribution in [0.5, 0.6) is 5.75 Å². The second-order valence-electron chi connectivity index (χ2n) is 6.59. The van der Waals surface area contributed by atoms with Crippen molar-refractivity contribution >= 4 is 5.97 Å².